The van der Waals surface area contributed by atoms with Crippen LogP contribution in [0.2, 0.25) is 0 Å². The number of rotatable bonds is 8. The van der Waals surface area contributed by atoms with Gasteiger partial charge in [0.25, 0.3) is 5.91 Å². The van der Waals surface area contributed by atoms with Gasteiger partial charge in [0.15, 0.2) is 0 Å². The third-order valence-electron chi connectivity index (χ3n) is 2.56. The molecule has 0 aliphatic rings. The van der Waals surface area contributed by atoms with Crippen molar-refractivity contribution in [1.29, 1.82) is 0 Å². The standard InChI is InChI=1S/C14H22N4O2/c1-3-7-15-11-5-6-12(17-9-11)14(20)18-10-13(19)16-8-4-2/h5-6,9,15H,3-4,7-8,10H2,1-2H3,(H,16,19)(H,18,20). The minimum Gasteiger partial charge on any atom is -0.384 e. The minimum atomic E-state index is -0.348. The highest BCUT2D eigenvalue weighted by Crippen LogP contribution is 2.05. The van der Waals surface area contributed by atoms with Crippen LogP contribution in [0.1, 0.15) is 37.2 Å². The molecule has 6 heteroatoms. The maximum atomic E-state index is 11.8. The van der Waals surface area contributed by atoms with Crippen molar-refractivity contribution in [3.05, 3.63) is 24.0 Å². The highest BCUT2D eigenvalue weighted by atomic mass is 16.2. The molecule has 0 fully saturated rings. The van der Waals surface area contributed by atoms with E-state index < -0.39 is 0 Å². The van der Waals surface area contributed by atoms with Crippen molar-refractivity contribution < 1.29 is 9.59 Å². The lowest BCUT2D eigenvalue weighted by Crippen LogP contribution is -2.37. The van der Waals surface area contributed by atoms with E-state index in [2.05, 4.69) is 27.9 Å². The van der Waals surface area contributed by atoms with Gasteiger partial charge in [-0.25, -0.2) is 4.98 Å². The third kappa shape index (κ3) is 5.69. The molecule has 0 saturated heterocycles. The van der Waals surface area contributed by atoms with Crippen molar-refractivity contribution in [2.75, 3.05) is 25.0 Å². The first-order valence-corrected chi connectivity index (χ1v) is 6.92. The fraction of sp³-hybridized carbons (Fsp3) is 0.500. The Morgan fingerprint density at radius 2 is 1.85 bits per heavy atom. The van der Waals surface area contributed by atoms with Gasteiger partial charge in [0.1, 0.15) is 5.69 Å². The lowest BCUT2D eigenvalue weighted by Gasteiger charge is -2.07. The molecule has 6 nitrogen and oxygen atoms in total. The van der Waals surface area contributed by atoms with Gasteiger partial charge in [-0.1, -0.05) is 13.8 Å². The summed E-state index contributed by atoms with van der Waals surface area (Å²) in [7, 11) is 0. The summed E-state index contributed by atoms with van der Waals surface area (Å²) >= 11 is 0. The molecule has 1 rings (SSSR count). The van der Waals surface area contributed by atoms with Crippen LogP contribution in [0.15, 0.2) is 18.3 Å². The number of carbonyl (C=O) groups excluding carboxylic acids is 2. The van der Waals surface area contributed by atoms with Gasteiger partial charge < -0.3 is 16.0 Å². The quantitative estimate of drug-likeness (QED) is 0.666. The van der Waals surface area contributed by atoms with E-state index in [0.29, 0.717) is 12.2 Å². The summed E-state index contributed by atoms with van der Waals surface area (Å²) in [6.07, 6.45) is 3.50. The van der Waals surface area contributed by atoms with E-state index in [4.69, 9.17) is 0 Å². The molecular weight excluding hydrogens is 256 g/mol. The topological polar surface area (TPSA) is 83.1 Å². The Kier molecular flexibility index (Phi) is 7.10. The van der Waals surface area contributed by atoms with E-state index in [1.54, 1.807) is 18.3 Å². The summed E-state index contributed by atoms with van der Waals surface area (Å²) < 4.78 is 0. The van der Waals surface area contributed by atoms with Gasteiger partial charge >= 0.3 is 0 Å². The van der Waals surface area contributed by atoms with Crippen molar-refractivity contribution in [3.63, 3.8) is 0 Å². The highest BCUT2D eigenvalue weighted by molar-refractivity contribution is 5.94. The maximum Gasteiger partial charge on any atom is 0.270 e. The smallest absolute Gasteiger partial charge is 0.270 e. The molecule has 1 aromatic rings. The zero-order valence-corrected chi connectivity index (χ0v) is 12.0. The molecule has 0 unspecified atom stereocenters. The first-order chi connectivity index (χ1) is 9.67. The van der Waals surface area contributed by atoms with Gasteiger partial charge in [-0.15, -0.1) is 0 Å². The molecule has 0 bridgehead atoms. The molecule has 0 atom stereocenters. The van der Waals surface area contributed by atoms with E-state index in [-0.39, 0.29) is 18.4 Å². The third-order valence-corrected chi connectivity index (χ3v) is 2.56. The van der Waals surface area contributed by atoms with E-state index in [1.807, 2.05) is 6.92 Å². The monoisotopic (exact) mass is 278 g/mol. The summed E-state index contributed by atoms with van der Waals surface area (Å²) in [6.45, 7) is 5.49. The summed E-state index contributed by atoms with van der Waals surface area (Å²) in [5.41, 5.74) is 1.18. The molecule has 0 radical (unpaired) electrons. The van der Waals surface area contributed by atoms with Crippen LogP contribution < -0.4 is 16.0 Å². The van der Waals surface area contributed by atoms with Gasteiger partial charge in [-0.3, -0.25) is 9.59 Å². The number of aromatic nitrogens is 1. The number of pyridine rings is 1. The molecule has 110 valence electrons. The van der Waals surface area contributed by atoms with Crippen LogP contribution in [0.25, 0.3) is 0 Å². The van der Waals surface area contributed by atoms with Gasteiger partial charge in [0.2, 0.25) is 5.91 Å². The molecule has 20 heavy (non-hydrogen) atoms. The number of amides is 2. The predicted molar refractivity (Wildman–Crippen MR) is 78.7 cm³/mol. The van der Waals surface area contributed by atoms with E-state index in [0.717, 1.165) is 25.1 Å². The van der Waals surface area contributed by atoms with Crippen LogP contribution in [0.4, 0.5) is 5.69 Å². The van der Waals surface area contributed by atoms with Crippen LogP contribution in [0.3, 0.4) is 0 Å². The summed E-state index contributed by atoms with van der Waals surface area (Å²) in [4.78, 5) is 27.2. The van der Waals surface area contributed by atoms with Gasteiger partial charge in [-0.05, 0) is 25.0 Å². The summed E-state index contributed by atoms with van der Waals surface area (Å²) in [6, 6.07) is 3.44. The lowest BCUT2D eigenvalue weighted by atomic mass is 10.3. The van der Waals surface area contributed by atoms with Gasteiger partial charge in [0.05, 0.1) is 18.4 Å². The molecule has 0 aliphatic heterocycles. The Balaban J connectivity index is 2.41. The Labute approximate surface area is 119 Å². The Bertz CT molecular complexity index is 431. The molecule has 2 amide bonds. The first-order valence-electron chi connectivity index (χ1n) is 6.92. The van der Waals surface area contributed by atoms with Crippen LogP contribution >= 0.6 is 0 Å². The second-order valence-electron chi connectivity index (χ2n) is 4.39. The predicted octanol–water partition coefficient (Wildman–Crippen LogP) is 1.16. The van der Waals surface area contributed by atoms with Gasteiger partial charge in [0, 0.05) is 13.1 Å². The summed E-state index contributed by atoms with van der Waals surface area (Å²) in [5, 5.41) is 8.40. The van der Waals surface area contributed by atoms with Crippen LogP contribution in [0.5, 0.6) is 0 Å². The van der Waals surface area contributed by atoms with Crippen LogP contribution in [-0.2, 0) is 4.79 Å². The average Bonchev–Trinajstić information content (AvgIpc) is 2.49. The summed E-state index contributed by atoms with van der Waals surface area (Å²) in [5.74, 6) is -0.542. The second kappa shape index (κ2) is 8.90. The van der Waals surface area contributed by atoms with Crippen molar-refractivity contribution in [2.24, 2.45) is 0 Å². The number of hydrogen-bond acceptors (Lipinski definition) is 4. The number of nitrogens with one attached hydrogen (secondary N) is 3. The molecule has 1 heterocycles. The zero-order valence-electron chi connectivity index (χ0n) is 12.0. The maximum absolute atomic E-state index is 11.8. The van der Waals surface area contributed by atoms with Crippen LogP contribution in [-0.4, -0.2) is 36.4 Å². The molecule has 0 spiro atoms. The highest BCUT2D eigenvalue weighted by Gasteiger charge is 2.08. The zero-order chi connectivity index (χ0) is 14.8. The second-order valence-corrected chi connectivity index (χ2v) is 4.39. The molecule has 0 aromatic carbocycles. The SMILES string of the molecule is CCCNC(=O)CNC(=O)c1ccc(NCCC)cn1. The largest absolute Gasteiger partial charge is 0.384 e. The average molecular weight is 278 g/mol. The van der Waals surface area contributed by atoms with Crippen molar-refractivity contribution >= 4 is 17.5 Å². The minimum absolute atomic E-state index is 0.0314. The fourth-order valence-corrected chi connectivity index (χ4v) is 1.48. The van der Waals surface area contributed by atoms with Crippen molar-refractivity contribution in [3.8, 4) is 0 Å². The van der Waals surface area contributed by atoms with E-state index >= 15 is 0 Å². The number of carbonyl (C=O) groups is 2. The lowest BCUT2D eigenvalue weighted by molar-refractivity contribution is -0.120. The number of nitrogens with zero attached hydrogens (tertiary/aromatic N) is 1. The molecule has 1 aromatic heterocycles. The Morgan fingerprint density at radius 1 is 1.10 bits per heavy atom. The van der Waals surface area contributed by atoms with E-state index in [9.17, 15) is 9.59 Å². The molecule has 3 N–H and O–H groups in total. The molecular formula is C14H22N4O2. The normalized spacial score (nSPS) is 9.90. The Morgan fingerprint density at radius 3 is 2.45 bits per heavy atom. The Hall–Kier alpha value is -2.11. The van der Waals surface area contributed by atoms with Crippen LogP contribution in [0, 0.1) is 0 Å². The van der Waals surface area contributed by atoms with Crippen molar-refractivity contribution in [2.45, 2.75) is 26.7 Å². The van der Waals surface area contributed by atoms with E-state index in [1.165, 1.54) is 0 Å². The number of anilines is 1. The van der Waals surface area contributed by atoms with Crippen molar-refractivity contribution in [1.82, 2.24) is 15.6 Å². The molecule has 0 saturated carbocycles. The molecule has 0 aliphatic carbocycles. The number of hydrogen-bond donors (Lipinski definition) is 3. The first kappa shape index (κ1) is 15.9. The van der Waals surface area contributed by atoms with Gasteiger partial charge in [-0.2, -0.15) is 0 Å². The fourth-order valence-electron chi connectivity index (χ4n) is 1.48.